The molecule has 0 unspecified atom stereocenters. The van der Waals surface area contributed by atoms with E-state index < -0.39 is 5.97 Å². The highest BCUT2D eigenvalue weighted by molar-refractivity contribution is 5.93. The van der Waals surface area contributed by atoms with Gasteiger partial charge in [-0.3, -0.25) is 9.97 Å². The summed E-state index contributed by atoms with van der Waals surface area (Å²) in [6.45, 7) is 0.691. The minimum Gasteiger partial charge on any atom is -0.478 e. The Balaban J connectivity index is 1.49. The number of carboxylic acid groups (broad SMARTS) is 1. The molecule has 1 aliphatic carbocycles. The SMILES string of the molecule is O=C(O)c1ccncc1NC[C@@H]1CCCc2cc(Nc3ccncc3)ccc21. The number of aromatic carboxylic acids is 1. The van der Waals surface area contributed by atoms with Crippen LogP contribution in [0.1, 0.15) is 40.2 Å². The molecular formula is C22H22N4O2. The van der Waals surface area contributed by atoms with Crippen molar-refractivity contribution < 1.29 is 9.90 Å². The molecule has 1 atom stereocenters. The molecule has 4 rings (SSSR count). The Bertz CT molecular complexity index is 975. The molecular weight excluding hydrogens is 352 g/mol. The van der Waals surface area contributed by atoms with Crippen LogP contribution in [-0.4, -0.2) is 27.6 Å². The predicted octanol–water partition coefficient (Wildman–Crippen LogP) is 4.45. The summed E-state index contributed by atoms with van der Waals surface area (Å²) in [5.74, 6) is -0.596. The smallest absolute Gasteiger partial charge is 0.337 e. The van der Waals surface area contributed by atoms with E-state index in [-0.39, 0.29) is 5.56 Å². The second kappa shape index (κ2) is 8.08. The van der Waals surface area contributed by atoms with Crippen LogP contribution < -0.4 is 10.6 Å². The normalized spacial score (nSPS) is 15.5. The van der Waals surface area contributed by atoms with Crippen LogP contribution >= 0.6 is 0 Å². The quantitative estimate of drug-likeness (QED) is 0.591. The maximum atomic E-state index is 11.4. The third kappa shape index (κ3) is 3.96. The van der Waals surface area contributed by atoms with Crippen LogP contribution in [0, 0.1) is 0 Å². The maximum absolute atomic E-state index is 11.4. The second-order valence-electron chi connectivity index (χ2n) is 6.97. The first-order valence-corrected chi connectivity index (χ1v) is 9.42. The van der Waals surface area contributed by atoms with Gasteiger partial charge in [0.1, 0.15) is 0 Å². The summed E-state index contributed by atoms with van der Waals surface area (Å²) in [5, 5.41) is 16.0. The summed E-state index contributed by atoms with van der Waals surface area (Å²) in [5.41, 5.74) is 5.59. The molecule has 1 aromatic carbocycles. The first kappa shape index (κ1) is 18.0. The van der Waals surface area contributed by atoms with Crippen molar-refractivity contribution >= 4 is 23.0 Å². The van der Waals surface area contributed by atoms with E-state index in [4.69, 9.17) is 0 Å². The van der Waals surface area contributed by atoms with Gasteiger partial charge in [-0.2, -0.15) is 0 Å². The number of aromatic nitrogens is 2. The molecule has 3 N–H and O–H groups in total. The molecule has 142 valence electrons. The van der Waals surface area contributed by atoms with E-state index in [1.165, 1.54) is 23.4 Å². The Kier molecular flexibility index (Phi) is 5.19. The fourth-order valence-electron chi connectivity index (χ4n) is 3.76. The van der Waals surface area contributed by atoms with Crippen molar-refractivity contribution in [1.82, 2.24) is 9.97 Å². The number of nitrogens with zero attached hydrogens (tertiary/aromatic N) is 2. The van der Waals surface area contributed by atoms with Gasteiger partial charge in [0.25, 0.3) is 0 Å². The molecule has 2 aromatic heterocycles. The number of aryl methyl sites for hydroxylation is 1. The lowest BCUT2D eigenvalue weighted by molar-refractivity contribution is 0.0698. The standard InChI is InChI=1S/C22H22N4O2/c27-22(28)20-8-11-24-14-21(20)25-13-16-3-1-2-15-12-18(4-5-19(15)16)26-17-6-9-23-10-7-17/h4-12,14,16,25H,1-3,13H2,(H,23,26)(H,27,28)/t16-/m0/s1. The Morgan fingerprint density at radius 1 is 1.07 bits per heavy atom. The van der Waals surface area contributed by atoms with Gasteiger partial charge in [-0.1, -0.05) is 6.07 Å². The Morgan fingerprint density at radius 3 is 2.71 bits per heavy atom. The van der Waals surface area contributed by atoms with E-state index in [2.05, 4.69) is 38.8 Å². The summed E-state index contributed by atoms with van der Waals surface area (Å²) in [6, 6.07) is 11.9. The first-order chi connectivity index (χ1) is 13.7. The Labute approximate surface area is 163 Å². The molecule has 6 heteroatoms. The van der Waals surface area contributed by atoms with E-state index in [0.717, 1.165) is 30.6 Å². The van der Waals surface area contributed by atoms with Crippen LogP contribution in [-0.2, 0) is 6.42 Å². The third-order valence-electron chi connectivity index (χ3n) is 5.14. The van der Waals surface area contributed by atoms with Crippen LogP contribution in [0.4, 0.5) is 17.1 Å². The number of pyridine rings is 2. The zero-order valence-electron chi connectivity index (χ0n) is 15.4. The fraction of sp³-hybridized carbons (Fsp3) is 0.227. The number of hydrogen-bond acceptors (Lipinski definition) is 5. The number of rotatable bonds is 6. The highest BCUT2D eigenvalue weighted by Gasteiger charge is 2.21. The summed E-state index contributed by atoms with van der Waals surface area (Å²) >= 11 is 0. The van der Waals surface area contributed by atoms with Gasteiger partial charge in [0.15, 0.2) is 0 Å². The highest BCUT2D eigenvalue weighted by Crippen LogP contribution is 2.34. The van der Waals surface area contributed by atoms with Crippen molar-refractivity contribution in [3.63, 3.8) is 0 Å². The molecule has 0 radical (unpaired) electrons. The van der Waals surface area contributed by atoms with E-state index in [1.54, 1.807) is 18.6 Å². The van der Waals surface area contributed by atoms with Crippen molar-refractivity contribution in [3.8, 4) is 0 Å². The van der Waals surface area contributed by atoms with Gasteiger partial charge < -0.3 is 15.7 Å². The number of nitrogens with one attached hydrogen (secondary N) is 2. The molecule has 2 heterocycles. The summed E-state index contributed by atoms with van der Waals surface area (Å²) in [4.78, 5) is 19.5. The monoisotopic (exact) mass is 374 g/mol. The lowest BCUT2D eigenvalue weighted by atomic mass is 9.82. The van der Waals surface area contributed by atoms with Gasteiger partial charge in [-0.15, -0.1) is 0 Å². The predicted molar refractivity (Wildman–Crippen MR) is 109 cm³/mol. The van der Waals surface area contributed by atoms with Crippen molar-refractivity contribution in [3.05, 3.63) is 77.9 Å². The lowest BCUT2D eigenvalue weighted by Crippen LogP contribution is -2.19. The summed E-state index contributed by atoms with van der Waals surface area (Å²) in [7, 11) is 0. The molecule has 3 aromatic rings. The van der Waals surface area contributed by atoms with E-state index >= 15 is 0 Å². The van der Waals surface area contributed by atoms with Gasteiger partial charge in [-0.05, 0) is 60.7 Å². The van der Waals surface area contributed by atoms with Crippen LogP contribution in [0.5, 0.6) is 0 Å². The average molecular weight is 374 g/mol. The number of hydrogen-bond donors (Lipinski definition) is 3. The van der Waals surface area contributed by atoms with Gasteiger partial charge in [0.2, 0.25) is 0 Å². The minimum absolute atomic E-state index is 0.253. The molecule has 6 nitrogen and oxygen atoms in total. The molecule has 0 aliphatic heterocycles. The molecule has 0 saturated heterocycles. The Morgan fingerprint density at radius 2 is 1.89 bits per heavy atom. The summed E-state index contributed by atoms with van der Waals surface area (Å²) < 4.78 is 0. The topological polar surface area (TPSA) is 87.1 Å². The molecule has 0 amide bonds. The maximum Gasteiger partial charge on any atom is 0.337 e. The zero-order chi connectivity index (χ0) is 19.3. The van der Waals surface area contributed by atoms with Crippen molar-refractivity contribution in [2.24, 2.45) is 0 Å². The second-order valence-corrected chi connectivity index (χ2v) is 6.97. The largest absolute Gasteiger partial charge is 0.478 e. The van der Waals surface area contributed by atoms with Gasteiger partial charge >= 0.3 is 5.97 Å². The molecule has 0 bridgehead atoms. The number of carboxylic acids is 1. The third-order valence-corrected chi connectivity index (χ3v) is 5.14. The summed E-state index contributed by atoms with van der Waals surface area (Å²) in [6.07, 6.45) is 9.89. The Hall–Kier alpha value is -3.41. The molecule has 0 spiro atoms. The molecule has 0 fully saturated rings. The van der Waals surface area contributed by atoms with Crippen LogP contribution in [0.3, 0.4) is 0 Å². The van der Waals surface area contributed by atoms with Crippen molar-refractivity contribution in [2.75, 3.05) is 17.2 Å². The van der Waals surface area contributed by atoms with Gasteiger partial charge in [0, 0.05) is 42.4 Å². The molecule has 1 aliphatic rings. The zero-order valence-corrected chi connectivity index (χ0v) is 15.4. The van der Waals surface area contributed by atoms with Crippen LogP contribution in [0.2, 0.25) is 0 Å². The van der Waals surface area contributed by atoms with Crippen molar-refractivity contribution in [1.29, 1.82) is 0 Å². The first-order valence-electron chi connectivity index (χ1n) is 9.42. The van der Waals surface area contributed by atoms with Gasteiger partial charge in [0.05, 0.1) is 17.4 Å². The number of benzene rings is 1. The molecule has 0 saturated carbocycles. The highest BCUT2D eigenvalue weighted by atomic mass is 16.4. The average Bonchev–Trinajstić information content (AvgIpc) is 2.73. The number of carbonyl (C=O) groups is 1. The number of anilines is 3. The van der Waals surface area contributed by atoms with E-state index in [1.807, 2.05) is 12.1 Å². The number of fused-ring (bicyclic) bond motifs is 1. The van der Waals surface area contributed by atoms with Crippen LogP contribution in [0.15, 0.2) is 61.2 Å². The van der Waals surface area contributed by atoms with E-state index in [0.29, 0.717) is 18.2 Å². The van der Waals surface area contributed by atoms with Crippen LogP contribution in [0.25, 0.3) is 0 Å². The molecule has 28 heavy (non-hydrogen) atoms. The van der Waals surface area contributed by atoms with Gasteiger partial charge in [-0.25, -0.2) is 4.79 Å². The fourth-order valence-corrected chi connectivity index (χ4v) is 3.76. The lowest BCUT2D eigenvalue weighted by Gasteiger charge is -2.27. The van der Waals surface area contributed by atoms with Crippen molar-refractivity contribution in [2.45, 2.75) is 25.2 Å². The van der Waals surface area contributed by atoms with E-state index in [9.17, 15) is 9.90 Å². The minimum atomic E-state index is -0.944.